The minimum absolute atomic E-state index is 0.0855. The molecule has 0 amide bonds. The molecule has 1 aliphatic heterocycles. The van der Waals surface area contributed by atoms with Gasteiger partial charge in [0.05, 0.1) is 27.9 Å². The normalized spacial score (nSPS) is 15.8. The molecule has 1 unspecified atom stereocenters. The lowest BCUT2D eigenvalue weighted by atomic mass is 9.86. The fourth-order valence-corrected chi connectivity index (χ4v) is 6.04. The van der Waals surface area contributed by atoms with Crippen molar-refractivity contribution in [2.24, 2.45) is 0 Å². The van der Waals surface area contributed by atoms with Gasteiger partial charge in [-0.05, 0) is 43.2 Å². The minimum Gasteiger partial charge on any atom is -0.478 e. The number of ketones is 1. The molecule has 1 atom stereocenters. The molecule has 200 valence electrons. The first-order valence-corrected chi connectivity index (χ1v) is 13.7. The summed E-state index contributed by atoms with van der Waals surface area (Å²) in [7, 11) is 0. The molecular formula is C31H32N4O4. The van der Waals surface area contributed by atoms with Crippen molar-refractivity contribution < 1.29 is 19.2 Å². The van der Waals surface area contributed by atoms with Crippen LogP contribution in [0.5, 0.6) is 0 Å². The molecule has 3 aromatic carbocycles. The maximum atomic E-state index is 13.8. The van der Waals surface area contributed by atoms with Gasteiger partial charge in [-0.2, -0.15) is 0 Å². The zero-order chi connectivity index (χ0) is 27.1. The number of piperazine rings is 1. The third kappa shape index (κ3) is 4.34. The number of rotatable bonds is 8. The van der Waals surface area contributed by atoms with Crippen molar-refractivity contribution in [3.05, 3.63) is 71.3 Å². The Labute approximate surface area is 227 Å². The summed E-state index contributed by atoms with van der Waals surface area (Å²) in [5.41, 5.74) is 5.05. The van der Waals surface area contributed by atoms with E-state index in [4.69, 9.17) is 4.52 Å². The van der Waals surface area contributed by atoms with Gasteiger partial charge in [-0.1, -0.05) is 49.7 Å². The van der Waals surface area contributed by atoms with Gasteiger partial charge in [0.25, 0.3) is 0 Å². The van der Waals surface area contributed by atoms with Gasteiger partial charge in [-0.25, -0.2) is 4.79 Å². The van der Waals surface area contributed by atoms with E-state index in [1.165, 1.54) is 12.8 Å². The molecule has 4 aromatic rings. The molecule has 2 aliphatic rings. The lowest BCUT2D eigenvalue weighted by Gasteiger charge is -2.40. The van der Waals surface area contributed by atoms with Crippen LogP contribution in [-0.4, -0.2) is 59.1 Å². The topological polar surface area (TPSA) is 98.9 Å². The molecule has 39 heavy (non-hydrogen) atoms. The maximum absolute atomic E-state index is 13.8. The van der Waals surface area contributed by atoms with Crippen LogP contribution in [0.2, 0.25) is 0 Å². The number of hydrogen-bond acceptors (Lipinski definition) is 7. The Kier molecular flexibility index (Phi) is 6.56. The van der Waals surface area contributed by atoms with E-state index in [9.17, 15) is 14.7 Å². The number of hydrogen-bond donors (Lipinski definition) is 2. The van der Waals surface area contributed by atoms with Gasteiger partial charge >= 0.3 is 5.97 Å². The molecule has 0 spiro atoms. The number of carbonyl (C=O) groups is 2. The molecule has 0 bridgehead atoms. The van der Waals surface area contributed by atoms with E-state index in [0.717, 1.165) is 49.2 Å². The Morgan fingerprint density at radius 1 is 1.05 bits per heavy atom. The van der Waals surface area contributed by atoms with Crippen LogP contribution in [-0.2, 0) is 0 Å². The van der Waals surface area contributed by atoms with Crippen molar-refractivity contribution >= 4 is 39.7 Å². The summed E-state index contributed by atoms with van der Waals surface area (Å²) in [6, 6.07) is 16.6. The second-order valence-electron chi connectivity index (χ2n) is 10.3. The molecule has 0 saturated carbocycles. The number of aromatic nitrogens is 1. The van der Waals surface area contributed by atoms with E-state index in [2.05, 4.69) is 34.1 Å². The molecule has 8 nitrogen and oxygen atoms in total. The van der Waals surface area contributed by atoms with Crippen molar-refractivity contribution in [2.75, 3.05) is 36.4 Å². The van der Waals surface area contributed by atoms with Crippen molar-refractivity contribution in [3.63, 3.8) is 0 Å². The Morgan fingerprint density at radius 2 is 1.77 bits per heavy atom. The lowest BCUT2D eigenvalue weighted by molar-refractivity contribution is 0.0696. The van der Waals surface area contributed by atoms with Crippen molar-refractivity contribution in [2.45, 2.75) is 39.2 Å². The highest BCUT2D eigenvalue weighted by Gasteiger charge is 2.34. The summed E-state index contributed by atoms with van der Waals surface area (Å²) in [4.78, 5) is 30.1. The van der Waals surface area contributed by atoms with Crippen molar-refractivity contribution in [1.82, 2.24) is 10.1 Å². The molecule has 1 fully saturated rings. The molecule has 0 radical (unpaired) electrons. The van der Waals surface area contributed by atoms with Gasteiger partial charge < -0.3 is 19.8 Å². The van der Waals surface area contributed by atoms with Crippen LogP contribution in [0.25, 0.3) is 22.2 Å². The third-order valence-electron chi connectivity index (χ3n) is 8.05. The summed E-state index contributed by atoms with van der Waals surface area (Å²) >= 11 is 0. The third-order valence-corrected chi connectivity index (χ3v) is 8.05. The standard InChI is InChI=1S/C31H32N4O4/c1-3-7-21(4-2)34-14-16-35(17-15-34)25-18-24(32-20-12-10-19(11-13-20)31(37)38)26-27-28(25)33-39-30(27)23-9-6-5-8-22(23)29(26)36/h5-6,8-13,18,21,32H,3-4,7,14-17H2,1-2H3,(H,37,38). The number of fused-ring (bicyclic) bond motifs is 2. The smallest absolute Gasteiger partial charge is 0.335 e. The fourth-order valence-electron chi connectivity index (χ4n) is 6.04. The molecule has 1 aliphatic carbocycles. The minimum atomic E-state index is -0.982. The van der Waals surface area contributed by atoms with E-state index in [1.807, 2.05) is 30.3 Å². The van der Waals surface area contributed by atoms with E-state index in [0.29, 0.717) is 39.8 Å². The number of carboxylic acids is 1. The number of carbonyl (C=O) groups excluding carboxylic acids is 1. The molecule has 2 N–H and O–H groups in total. The van der Waals surface area contributed by atoms with Crippen LogP contribution in [0, 0.1) is 0 Å². The van der Waals surface area contributed by atoms with Crippen LogP contribution >= 0.6 is 0 Å². The van der Waals surface area contributed by atoms with Crippen LogP contribution in [0.1, 0.15) is 59.4 Å². The quantitative estimate of drug-likeness (QED) is 0.248. The van der Waals surface area contributed by atoms with Gasteiger partial charge in [0, 0.05) is 49.0 Å². The monoisotopic (exact) mass is 524 g/mol. The number of nitrogens with one attached hydrogen (secondary N) is 1. The summed E-state index contributed by atoms with van der Waals surface area (Å²) in [6.07, 6.45) is 3.54. The first-order chi connectivity index (χ1) is 19.0. The fraction of sp³-hybridized carbons (Fsp3) is 0.323. The van der Waals surface area contributed by atoms with Gasteiger partial charge in [0.1, 0.15) is 5.52 Å². The second-order valence-corrected chi connectivity index (χ2v) is 10.3. The van der Waals surface area contributed by atoms with Crippen molar-refractivity contribution in [3.8, 4) is 11.3 Å². The van der Waals surface area contributed by atoms with Gasteiger partial charge in [-0.15, -0.1) is 0 Å². The molecular weight excluding hydrogens is 492 g/mol. The Bertz CT molecular complexity index is 1550. The summed E-state index contributed by atoms with van der Waals surface area (Å²) in [6.45, 7) is 8.15. The second kappa shape index (κ2) is 10.2. The molecule has 1 saturated heterocycles. The first-order valence-electron chi connectivity index (χ1n) is 13.7. The summed E-state index contributed by atoms with van der Waals surface area (Å²) in [5, 5.41) is 17.9. The average molecular weight is 525 g/mol. The summed E-state index contributed by atoms with van der Waals surface area (Å²) < 4.78 is 5.93. The number of nitrogens with zero attached hydrogens (tertiary/aromatic N) is 3. The molecule has 6 rings (SSSR count). The Balaban J connectivity index is 1.43. The zero-order valence-electron chi connectivity index (χ0n) is 22.2. The van der Waals surface area contributed by atoms with E-state index in [1.54, 1.807) is 24.3 Å². The maximum Gasteiger partial charge on any atom is 0.335 e. The number of benzene rings is 3. The Hall–Kier alpha value is -4.17. The van der Waals surface area contributed by atoms with E-state index < -0.39 is 5.97 Å². The van der Waals surface area contributed by atoms with Crippen LogP contribution in [0.15, 0.2) is 59.1 Å². The van der Waals surface area contributed by atoms with E-state index in [-0.39, 0.29) is 11.3 Å². The average Bonchev–Trinajstić information content (AvgIpc) is 3.41. The predicted molar refractivity (Wildman–Crippen MR) is 152 cm³/mol. The van der Waals surface area contributed by atoms with Crippen molar-refractivity contribution in [1.29, 1.82) is 0 Å². The number of aromatic carboxylic acids is 1. The van der Waals surface area contributed by atoms with Crippen LogP contribution < -0.4 is 10.2 Å². The molecule has 1 aromatic heterocycles. The van der Waals surface area contributed by atoms with Gasteiger partial charge in [0.15, 0.2) is 11.5 Å². The van der Waals surface area contributed by atoms with Crippen LogP contribution in [0.3, 0.4) is 0 Å². The lowest BCUT2D eigenvalue weighted by Crippen LogP contribution is -2.50. The number of carboxylic acid groups (broad SMARTS) is 1. The Morgan fingerprint density at radius 3 is 2.44 bits per heavy atom. The molecule has 8 heteroatoms. The largest absolute Gasteiger partial charge is 0.478 e. The van der Waals surface area contributed by atoms with E-state index >= 15 is 0 Å². The zero-order valence-corrected chi connectivity index (χ0v) is 22.2. The number of anilines is 3. The highest BCUT2D eigenvalue weighted by Crippen LogP contribution is 2.46. The highest BCUT2D eigenvalue weighted by molar-refractivity contribution is 6.28. The highest BCUT2D eigenvalue weighted by atomic mass is 16.5. The molecule has 2 heterocycles. The van der Waals surface area contributed by atoms with Gasteiger partial charge in [0.2, 0.25) is 0 Å². The summed E-state index contributed by atoms with van der Waals surface area (Å²) in [5.74, 6) is -0.462. The van der Waals surface area contributed by atoms with Crippen LogP contribution in [0.4, 0.5) is 17.1 Å². The SMILES string of the molecule is CCCC(CC)N1CCN(c2cc(Nc3ccc(C(=O)O)cc3)c3c4c(onc24)-c2ccccc2C3=O)CC1. The first kappa shape index (κ1) is 25.1. The predicted octanol–water partition coefficient (Wildman–Crippen LogP) is 6.18. The van der Waals surface area contributed by atoms with Gasteiger partial charge in [-0.3, -0.25) is 9.69 Å².